The molecule has 0 bridgehead atoms. The maximum absolute atomic E-state index is 10.9. The standard InChI is InChI=1S/C13H19BrN2O2/c1-4-9(2)7-10(3)15-12-8-11(14)5-6-13(12)16(17)18/h5-6,8-10,15H,4,7H2,1-3H3. The summed E-state index contributed by atoms with van der Waals surface area (Å²) in [4.78, 5) is 10.6. The van der Waals surface area contributed by atoms with Crippen molar-refractivity contribution in [2.24, 2.45) is 5.92 Å². The van der Waals surface area contributed by atoms with Crippen LogP contribution >= 0.6 is 15.9 Å². The molecule has 0 heterocycles. The number of hydrogen-bond donors (Lipinski definition) is 1. The van der Waals surface area contributed by atoms with Crippen LogP contribution in [-0.4, -0.2) is 11.0 Å². The highest BCUT2D eigenvalue weighted by atomic mass is 79.9. The Morgan fingerprint density at radius 2 is 2.11 bits per heavy atom. The molecule has 2 unspecified atom stereocenters. The predicted octanol–water partition coefficient (Wildman–Crippen LogP) is 4.59. The molecule has 0 aromatic heterocycles. The SMILES string of the molecule is CCC(C)CC(C)Nc1cc(Br)ccc1[N+](=O)[O-]. The van der Waals surface area contributed by atoms with E-state index in [2.05, 4.69) is 42.0 Å². The fourth-order valence-corrected chi connectivity index (χ4v) is 2.24. The zero-order valence-electron chi connectivity index (χ0n) is 10.9. The van der Waals surface area contributed by atoms with Crippen molar-refractivity contribution in [2.75, 3.05) is 5.32 Å². The highest BCUT2D eigenvalue weighted by Crippen LogP contribution is 2.29. The van der Waals surface area contributed by atoms with Gasteiger partial charge in [0.15, 0.2) is 0 Å². The molecular weight excluding hydrogens is 296 g/mol. The Kier molecular flexibility index (Phi) is 5.59. The van der Waals surface area contributed by atoms with Crippen LogP contribution in [0.2, 0.25) is 0 Å². The van der Waals surface area contributed by atoms with E-state index in [0.717, 1.165) is 17.3 Å². The van der Waals surface area contributed by atoms with Crippen molar-refractivity contribution >= 4 is 27.3 Å². The molecule has 1 aromatic rings. The smallest absolute Gasteiger partial charge is 0.292 e. The van der Waals surface area contributed by atoms with Crippen molar-refractivity contribution in [1.29, 1.82) is 0 Å². The number of anilines is 1. The van der Waals surface area contributed by atoms with Gasteiger partial charge < -0.3 is 5.32 Å². The Hall–Kier alpha value is -1.10. The van der Waals surface area contributed by atoms with Crippen LogP contribution < -0.4 is 5.32 Å². The van der Waals surface area contributed by atoms with Gasteiger partial charge in [0, 0.05) is 16.6 Å². The molecule has 2 atom stereocenters. The fourth-order valence-electron chi connectivity index (χ4n) is 1.88. The lowest BCUT2D eigenvalue weighted by Gasteiger charge is -2.18. The van der Waals surface area contributed by atoms with Gasteiger partial charge >= 0.3 is 0 Å². The zero-order valence-corrected chi connectivity index (χ0v) is 12.5. The van der Waals surface area contributed by atoms with Crippen LogP contribution in [-0.2, 0) is 0 Å². The van der Waals surface area contributed by atoms with E-state index in [-0.39, 0.29) is 16.7 Å². The molecule has 1 rings (SSSR count). The lowest BCUT2D eigenvalue weighted by atomic mass is 10.0. The van der Waals surface area contributed by atoms with Crippen molar-refractivity contribution in [3.63, 3.8) is 0 Å². The first-order chi connectivity index (χ1) is 8.43. The quantitative estimate of drug-likeness (QED) is 0.617. The summed E-state index contributed by atoms with van der Waals surface area (Å²) in [6.45, 7) is 6.39. The van der Waals surface area contributed by atoms with Crippen molar-refractivity contribution in [2.45, 2.75) is 39.7 Å². The fraction of sp³-hybridized carbons (Fsp3) is 0.538. The molecule has 5 heteroatoms. The largest absolute Gasteiger partial charge is 0.377 e. The topological polar surface area (TPSA) is 55.2 Å². The molecule has 0 amide bonds. The van der Waals surface area contributed by atoms with Crippen molar-refractivity contribution < 1.29 is 4.92 Å². The summed E-state index contributed by atoms with van der Waals surface area (Å²) < 4.78 is 0.839. The predicted molar refractivity (Wildman–Crippen MR) is 78.0 cm³/mol. The normalized spacial score (nSPS) is 14.0. The second-order valence-corrected chi connectivity index (χ2v) is 5.63. The summed E-state index contributed by atoms with van der Waals surface area (Å²) in [6, 6.07) is 5.17. The van der Waals surface area contributed by atoms with E-state index in [1.165, 1.54) is 6.07 Å². The van der Waals surface area contributed by atoms with E-state index >= 15 is 0 Å². The van der Waals surface area contributed by atoms with Crippen LogP contribution in [0, 0.1) is 16.0 Å². The summed E-state index contributed by atoms with van der Waals surface area (Å²) in [6.07, 6.45) is 2.12. The third-order valence-corrected chi connectivity index (χ3v) is 3.50. The number of rotatable bonds is 6. The Bertz CT molecular complexity index is 423. The molecule has 0 aliphatic heterocycles. The number of hydrogen-bond acceptors (Lipinski definition) is 3. The van der Waals surface area contributed by atoms with Crippen LogP contribution in [0.3, 0.4) is 0 Å². The maximum atomic E-state index is 10.9. The molecule has 18 heavy (non-hydrogen) atoms. The van der Waals surface area contributed by atoms with Crippen LogP contribution in [0.25, 0.3) is 0 Å². The molecule has 1 N–H and O–H groups in total. The summed E-state index contributed by atoms with van der Waals surface area (Å²) in [5.41, 5.74) is 0.694. The van der Waals surface area contributed by atoms with Gasteiger partial charge in [0.05, 0.1) is 4.92 Å². The third kappa shape index (κ3) is 4.29. The van der Waals surface area contributed by atoms with E-state index in [1.54, 1.807) is 12.1 Å². The summed E-state index contributed by atoms with van der Waals surface area (Å²) in [7, 11) is 0. The Balaban J connectivity index is 2.82. The average Bonchev–Trinajstić information content (AvgIpc) is 2.28. The zero-order chi connectivity index (χ0) is 13.7. The molecule has 0 saturated carbocycles. The number of nitro benzene ring substituents is 1. The molecule has 4 nitrogen and oxygen atoms in total. The lowest BCUT2D eigenvalue weighted by molar-refractivity contribution is -0.384. The van der Waals surface area contributed by atoms with Crippen LogP contribution in [0.15, 0.2) is 22.7 Å². The van der Waals surface area contributed by atoms with Crippen molar-refractivity contribution in [3.05, 3.63) is 32.8 Å². The van der Waals surface area contributed by atoms with E-state index in [9.17, 15) is 10.1 Å². The lowest BCUT2D eigenvalue weighted by Crippen LogP contribution is -2.18. The van der Waals surface area contributed by atoms with Crippen LogP contribution in [0.4, 0.5) is 11.4 Å². The van der Waals surface area contributed by atoms with Gasteiger partial charge in [-0.15, -0.1) is 0 Å². The van der Waals surface area contributed by atoms with Crippen LogP contribution in [0.5, 0.6) is 0 Å². The summed E-state index contributed by atoms with van der Waals surface area (Å²) in [5, 5.41) is 14.2. The first-order valence-corrected chi connectivity index (χ1v) is 6.93. The minimum atomic E-state index is -0.356. The van der Waals surface area contributed by atoms with Gasteiger partial charge in [0.2, 0.25) is 0 Å². The highest BCUT2D eigenvalue weighted by Gasteiger charge is 2.16. The highest BCUT2D eigenvalue weighted by molar-refractivity contribution is 9.10. The van der Waals surface area contributed by atoms with Crippen molar-refractivity contribution in [3.8, 4) is 0 Å². The van der Waals surface area contributed by atoms with E-state index in [4.69, 9.17) is 0 Å². The molecule has 0 radical (unpaired) electrons. The number of nitro groups is 1. The van der Waals surface area contributed by atoms with Crippen molar-refractivity contribution in [1.82, 2.24) is 0 Å². The van der Waals surface area contributed by atoms with E-state index < -0.39 is 0 Å². The Morgan fingerprint density at radius 1 is 1.44 bits per heavy atom. The maximum Gasteiger partial charge on any atom is 0.292 e. The Labute approximate surface area is 116 Å². The molecule has 0 spiro atoms. The van der Waals surface area contributed by atoms with E-state index in [0.29, 0.717) is 11.6 Å². The molecule has 1 aromatic carbocycles. The number of nitrogens with one attached hydrogen (secondary N) is 1. The van der Waals surface area contributed by atoms with Gasteiger partial charge in [-0.1, -0.05) is 36.2 Å². The molecular formula is C13H19BrN2O2. The van der Waals surface area contributed by atoms with Gasteiger partial charge in [-0.05, 0) is 31.4 Å². The van der Waals surface area contributed by atoms with Gasteiger partial charge in [0.25, 0.3) is 5.69 Å². The summed E-state index contributed by atoms with van der Waals surface area (Å²) in [5.74, 6) is 0.610. The number of nitrogens with zero attached hydrogens (tertiary/aromatic N) is 1. The van der Waals surface area contributed by atoms with E-state index in [1.807, 2.05) is 0 Å². The first-order valence-electron chi connectivity index (χ1n) is 6.14. The average molecular weight is 315 g/mol. The van der Waals surface area contributed by atoms with Gasteiger partial charge in [0.1, 0.15) is 5.69 Å². The molecule has 0 fully saturated rings. The number of benzene rings is 1. The monoisotopic (exact) mass is 314 g/mol. The van der Waals surface area contributed by atoms with Crippen LogP contribution in [0.1, 0.15) is 33.6 Å². The summed E-state index contributed by atoms with van der Waals surface area (Å²) >= 11 is 3.34. The minimum Gasteiger partial charge on any atom is -0.377 e. The second kappa shape index (κ2) is 6.73. The van der Waals surface area contributed by atoms with Gasteiger partial charge in [-0.25, -0.2) is 0 Å². The number of halogens is 1. The molecule has 0 aliphatic carbocycles. The second-order valence-electron chi connectivity index (χ2n) is 4.71. The van der Waals surface area contributed by atoms with Gasteiger partial charge in [-0.2, -0.15) is 0 Å². The first kappa shape index (κ1) is 15.0. The molecule has 0 aliphatic rings. The Morgan fingerprint density at radius 3 is 2.67 bits per heavy atom. The third-order valence-electron chi connectivity index (χ3n) is 3.01. The van der Waals surface area contributed by atoms with Gasteiger partial charge in [-0.3, -0.25) is 10.1 Å². The molecule has 0 saturated heterocycles. The minimum absolute atomic E-state index is 0.120. The molecule has 100 valence electrons.